The van der Waals surface area contributed by atoms with Gasteiger partial charge < -0.3 is 4.42 Å². The molecule has 7 aromatic carbocycles. The number of hydrogen-bond acceptors (Lipinski definition) is 5. The lowest BCUT2D eigenvalue weighted by Crippen LogP contribution is -2.74. The molecule has 5 nitrogen and oxygen atoms in total. The Balaban J connectivity index is 1.27. The van der Waals surface area contributed by atoms with Crippen LogP contribution in [0.1, 0.15) is 5.56 Å². The zero-order valence-electron chi connectivity index (χ0n) is 28.0. The lowest BCUT2D eigenvalue weighted by molar-refractivity contribution is 0.669. The maximum Gasteiger partial charge on any atom is 0.179 e. The Morgan fingerprint density at radius 2 is 0.904 bits per heavy atom. The molecular formula is C46H30N4OSi. The van der Waals surface area contributed by atoms with Crippen molar-refractivity contribution in [1.29, 1.82) is 5.26 Å². The third-order valence-electron chi connectivity index (χ3n) is 9.72. The minimum atomic E-state index is -2.89. The summed E-state index contributed by atoms with van der Waals surface area (Å²) in [6.45, 7) is 0. The van der Waals surface area contributed by atoms with Crippen LogP contribution in [0.15, 0.2) is 186 Å². The van der Waals surface area contributed by atoms with E-state index in [-0.39, 0.29) is 0 Å². The minimum absolute atomic E-state index is 0.568. The fraction of sp³-hybridized carbons (Fsp3) is 0. The van der Waals surface area contributed by atoms with Crippen molar-refractivity contribution in [3.63, 3.8) is 0 Å². The fourth-order valence-electron chi connectivity index (χ4n) is 7.28. The molecule has 0 aliphatic heterocycles. The number of nitrogens with zero attached hydrogens (tertiary/aromatic N) is 4. The van der Waals surface area contributed by atoms with Crippen molar-refractivity contribution in [2.75, 3.05) is 0 Å². The van der Waals surface area contributed by atoms with E-state index in [9.17, 15) is 5.26 Å². The first-order valence-electron chi connectivity index (χ1n) is 17.2. The first kappa shape index (κ1) is 31.1. The van der Waals surface area contributed by atoms with E-state index in [1.807, 2.05) is 66.7 Å². The highest BCUT2D eigenvalue weighted by atomic mass is 28.3. The third kappa shape index (κ3) is 5.37. The summed E-state index contributed by atoms with van der Waals surface area (Å²) in [7, 11) is -2.89. The summed E-state index contributed by atoms with van der Waals surface area (Å²) >= 11 is 0. The van der Waals surface area contributed by atoms with Crippen LogP contribution in [0, 0.1) is 11.3 Å². The SMILES string of the molecule is N#Cc1ccc([Si](c2ccccc2)(c2ccccc2)c2cccc(-c3nc(-c4ccccc4)nc(-c4ccc5c(c4)oc4ccccc45)n3)c2)cc1. The maximum atomic E-state index is 9.68. The second-order valence-electron chi connectivity index (χ2n) is 12.7. The summed E-state index contributed by atoms with van der Waals surface area (Å²) in [4.78, 5) is 15.2. The van der Waals surface area contributed by atoms with Crippen LogP contribution in [0.25, 0.3) is 56.1 Å². The summed E-state index contributed by atoms with van der Waals surface area (Å²) in [6.07, 6.45) is 0. The summed E-state index contributed by atoms with van der Waals surface area (Å²) in [6, 6.07) is 64.8. The van der Waals surface area contributed by atoms with E-state index in [0.29, 0.717) is 23.0 Å². The van der Waals surface area contributed by atoms with Crippen molar-refractivity contribution in [2.24, 2.45) is 0 Å². The molecule has 0 atom stereocenters. The Bertz CT molecular complexity index is 2700. The van der Waals surface area contributed by atoms with Crippen molar-refractivity contribution < 1.29 is 4.42 Å². The normalized spacial score (nSPS) is 11.4. The molecule has 0 saturated carbocycles. The standard InChI is InChI=1S/C46H30N4OSi/c47-31-32-23-26-38(27-24-32)52(36-16-6-2-7-17-36,37-18-8-3-9-19-37)39-20-12-15-34(29-39)45-48-44(33-13-4-1-5-14-33)49-46(50-45)35-25-28-41-40-21-10-11-22-42(40)51-43(41)30-35/h1-30H. The van der Waals surface area contributed by atoms with Crippen molar-refractivity contribution in [3.05, 3.63) is 188 Å². The minimum Gasteiger partial charge on any atom is -0.456 e. The smallest absolute Gasteiger partial charge is 0.179 e. The van der Waals surface area contributed by atoms with Crippen molar-refractivity contribution in [2.45, 2.75) is 0 Å². The second-order valence-corrected chi connectivity index (χ2v) is 16.5. The summed E-state index contributed by atoms with van der Waals surface area (Å²) < 4.78 is 6.25. The van der Waals surface area contributed by atoms with Crippen LogP contribution in [0.2, 0.25) is 0 Å². The monoisotopic (exact) mass is 682 g/mol. The molecule has 0 amide bonds. The molecule has 0 N–H and O–H groups in total. The number of nitriles is 1. The average molecular weight is 683 g/mol. The summed E-state index contributed by atoms with van der Waals surface area (Å²) in [5.41, 5.74) is 4.91. The predicted molar refractivity (Wildman–Crippen MR) is 212 cm³/mol. The lowest BCUT2D eigenvalue weighted by Gasteiger charge is -2.34. The molecule has 52 heavy (non-hydrogen) atoms. The molecule has 0 saturated heterocycles. The van der Waals surface area contributed by atoms with E-state index in [0.717, 1.165) is 38.6 Å². The van der Waals surface area contributed by atoms with Crippen molar-refractivity contribution >= 4 is 50.8 Å². The number of furan rings is 1. The van der Waals surface area contributed by atoms with Gasteiger partial charge in [0.05, 0.1) is 11.6 Å². The highest BCUT2D eigenvalue weighted by Crippen LogP contribution is 2.32. The summed E-state index contributed by atoms with van der Waals surface area (Å²) in [5.74, 6) is 1.75. The molecule has 0 spiro atoms. The van der Waals surface area contributed by atoms with Gasteiger partial charge in [-0.1, -0.05) is 152 Å². The second kappa shape index (κ2) is 13.1. The molecule has 9 aromatic rings. The van der Waals surface area contributed by atoms with Crippen LogP contribution in [0.5, 0.6) is 0 Å². The Hall–Kier alpha value is -6.94. The Kier molecular flexibility index (Phi) is 7.81. The number of hydrogen-bond donors (Lipinski definition) is 0. The van der Waals surface area contributed by atoms with Gasteiger partial charge in [-0.05, 0) is 51.1 Å². The topological polar surface area (TPSA) is 75.6 Å². The van der Waals surface area contributed by atoms with E-state index < -0.39 is 8.07 Å². The molecule has 0 unspecified atom stereocenters. The van der Waals surface area contributed by atoms with E-state index >= 15 is 0 Å². The van der Waals surface area contributed by atoms with E-state index in [1.54, 1.807) is 0 Å². The number of benzene rings is 7. The molecule has 6 heteroatoms. The molecule has 244 valence electrons. The predicted octanol–water partition coefficient (Wildman–Crippen LogP) is 8.02. The molecular weight excluding hydrogens is 653 g/mol. The lowest BCUT2D eigenvalue weighted by atomic mass is 10.1. The number of para-hydroxylation sites is 1. The van der Waals surface area contributed by atoms with Gasteiger partial charge in [0.25, 0.3) is 0 Å². The van der Waals surface area contributed by atoms with E-state index in [1.165, 1.54) is 20.7 Å². The van der Waals surface area contributed by atoms with Gasteiger partial charge in [0.1, 0.15) is 11.2 Å². The maximum absolute atomic E-state index is 9.68. The largest absolute Gasteiger partial charge is 0.456 e. The highest BCUT2D eigenvalue weighted by molar-refractivity contribution is 7.19. The molecule has 0 bridgehead atoms. The van der Waals surface area contributed by atoms with Gasteiger partial charge in [-0.2, -0.15) is 5.26 Å². The zero-order chi connectivity index (χ0) is 34.9. The Morgan fingerprint density at radius 1 is 0.404 bits per heavy atom. The first-order chi connectivity index (χ1) is 25.7. The van der Waals surface area contributed by atoms with Crippen LogP contribution < -0.4 is 20.7 Å². The number of fused-ring (bicyclic) bond motifs is 3. The fourth-order valence-corrected chi connectivity index (χ4v) is 12.0. The quantitative estimate of drug-likeness (QED) is 0.126. The number of rotatable bonds is 7. The van der Waals surface area contributed by atoms with Gasteiger partial charge in [-0.3, -0.25) is 0 Å². The zero-order valence-corrected chi connectivity index (χ0v) is 29.0. The van der Waals surface area contributed by atoms with Gasteiger partial charge in [0.2, 0.25) is 0 Å². The van der Waals surface area contributed by atoms with Crippen LogP contribution >= 0.6 is 0 Å². The van der Waals surface area contributed by atoms with Crippen LogP contribution in [-0.4, -0.2) is 23.0 Å². The molecule has 2 heterocycles. The highest BCUT2D eigenvalue weighted by Gasteiger charge is 2.41. The molecule has 2 aromatic heterocycles. The Labute approximate surface area is 302 Å². The van der Waals surface area contributed by atoms with Crippen molar-refractivity contribution in [1.82, 2.24) is 15.0 Å². The van der Waals surface area contributed by atoms with Gasteiger partial charge in [-0.15, -0.1) is 0 Å². The van der Waals surface area contributed by atoms with Gasteiger partial charge >= 0.3 is 0 Å². The molecule has 0 radical (unpaired) electrons. The van der Waals surface area contributed by atoms with E-state index in [4.69, 9.17) is 19.4 Å². The van der Waals surface area contributed by atoms with Crippen LogP contribution in [0.4, 0.5) is 0 Å². The van der Waals surface area contributed by atoms with Crippen LogP contribution in [0.3, 0.4) is 0 Å². The molecule has 0 aliphatic rings. The first-order valence-corrected chi connectivity index (χ1v) is 19.2. The van der Waals surface area contributed by atoms with E-state index in [2.05, 4.69) is 121 Å². The third-order valence-corrected chi connectivity index (χ3v) is 14.5. The Morgan fingerprint density at radius 3 is 1.56 bits per heavy atom. The van der Waals surface area contributed by atoms with Crippen molar-refractivity contribution in [3.8, 4) is 40.2 Å². The summed E-state index contributed by atoms with van der Waals surface area (Å²) in [5, 5.41) is 16.6. The molecule has 9 rings (SSSR count). The average Bonchev–Trinajstić information content (AvgIpc) is 3.60. The van der Waals surface area contributed by atoms with Gasteiger partial charge in [0, 0.05) is 27.5 Å². The molecule has 0 fully saturated rings. The molecule has 0 aliphatic carbocycles. The van der Waals surface area contributed by atoms with Gasteiger partial charge in [-0.25, -0.2) is 15.0 Å². The van der Waals surface area contributed by atoms with Gasteiger partial charge in [0.15, 0.2) is 25.5 Å². The number of aromatic nitrogens is 3. The van der Waals surface area contributed by atoms with Crippen LogP contribution in [-0.2, 0) is 0 Å².